The Balaban J connectivity index is 2.07. The SMILES string of the molecule is CCn1cc(Br)cc1C(=O)NCc1cnn(C)c1C. The molecule has 1 amide bonds. The molecule has 2 aromatic heterocycles. The largest absolute Gasteiger partial charge is 0.347 e. The molecule has 0 fully saturated rings. The van der Waals surface area contributed by atoms with Gasteiger partial charge in [-0.05, 0) is 35.8 Å². The topological polar surface area (TPSA) is 51.9 Å². The van der Waals surface area contributed by atoms with Crippen molar-refractivity contribution < 1.29 is 4.79 Å². The Bertz CT molecular complexity index is 600. The third kappa shape index (κ3) is 2.89. The van der Waals surface area contributed by atoms with E-state index in [2.05, 4.69) is 26.3 Å². The van der Waals surface area contributed by atoms with Crippen molar-refractivity contribution in [1.82, 2.24) is 19.7 Å². The van der Waals surface area contributed by atoms with Gasteiger partial charge < -0.3 is 9.88 Å². The average Bonchev–Trinajstić information content (AvgIpc) is 2.92. The molecule has 0 aliphatic heterocycles. The quantitative estimate of drug-likeness (QED) is 0.937. The molecule has 0 aromatic carbocycles. The maximum Gasteiger partial charge on any atom is 0.268 e. The normalized spacial score (nSPS) is 10.7. The van der Waals surface area contributed by atoms with Gasteiger partial charge in [-0.15, -0.1) is 0 Å². The fourth-order valence-electron chi connectivity index (χ4n) is 1.91. The lowest BCUT2D eigenvalue weighted by atomic mass is 10.2. The fourth-order valence-corrected chi connectivity index (χ4v) is 2.37. The second kappa shape index (κ2) is 5.61. The highest BCUT2D eigenvalue weighted by Crippen LogP contribution is 2.15. The molecule has 0 saturated heterocycles. The number of aryl methyl sites for hydroxylation is 2. The van der Waals surface area contributed by atoms with Crippen LogP contribution in [0.25, 0.3) is 0 Å². The standard InChI is InChI=1S/C13H17BrN4O/c1-4-18-8-11(14)5-12(18)13(19)15-6-10-7-16-17(3)9(10)2/h5,7-8H,4,6H2,1-3H3,(H,15,19). The lowest BCUT2D eigenvalue weighted by Crippen LogP contribution is -2.25. The highest BCUT2D eigenvalue weighted by Gasteiger charge is 2.13. The Morgan fingerprint density at radius 1 is 1.53 bits per heavy atom. The van der Waals surface area contributed by atoms with Gasteiger partial charge in [0, 0.05) is 42.1 Å². The van der Waals surface area contributed by atoms with Crippen LogP contribution >= 0.6 is 15.9 Å². The van der Waals surface area contributed by atoms with E-state index < -0.39 is 0 Å². The maximum atomic E-state index is 12.1. The van der Waals surface area contributed by atoms with E-state index in [0.29, 0.717) is 12.2 Å². The number of hydrogen-bond acceptors (Lipinski definition) is 2. The van der Waals surface area contributed by atoms with E-state index in [4.69, 9.17) is 0 Å². The lowest BCUT2D eigenvalue weighted by molar-refractivity contribution is 0.0941. The van der Waals surface area contributed by atoms with Crippen molar-refractivity contribution >= 4 is 21.8 Å². The Kier molecular flexibility index (Phi) is 4.09. The minimum Gasteiger partial charge on any atom is -0.347 e. The van der Waals surface area contributed by atoms with Gasteiger partial charge in [-0.3, -0.25) is 9.48 Å². The molecule has 6 heteroatoms. The molecule has 0 unspecified atom stereocenters. The van der Waals surface area contributed by atoms with Gasteiger partial charge in [0.05, 0.1) is 6.20 Å². The molecular formula is C13H17BrN4O. The Morgan fingerprint density at radius 2 is 2.26 bits per heavy atom. The molecule has 2 rings (SSSR count). The summed E-state index contributed by atoms with van der Waals surface area (Å²) in [5.41, 5.74) is 2.76. The van der Waals surface area contributed by atoms with Crippen molar-refractivity contribution in [3.63, 3.8) is 0 Å². The van der Waals surface area contributed by atoms with Crippen LogP contribution in [0.5, 0.6) is 0 Å². The number of halogens is 1. The van der Waals surface area contributed by atoms with Crippen LogP contribution < -0.4 is 5.32 Å². The van der Waals surface area contributed by atoms with Crippen molar-refractivity contribution in [2.24, 2.45) is 7.05 Å². The molecule has 5 nitrogen and oxygen atoms in total. The number of hydrogen-bond donors (Lipinski definition) is 1. The first-order chi connectivity index (χ1) is 9.02. The van der Waals surface area contributed by atoms with E-state index >= 15 is 0 Å². The number of carbonyl (C=O) groups excluding carboxylic acids is 1. The Labute approximate surface area is 120 Å². The van der Waals surface area contributed by atoms with Crippen molar-refractivity contribution in [3.8, 4) is 0 Å². The van der Waals surface area contributed by atoms with Crippen molar-refractivity contribution in [1.29, 1.82) is 0 Å². The smallest absolute Gasteiger partial charge is 0.268 e. The van der Waals surface area contributed by atoms with E-state index in [1.807, 2.05) is 37.7 Å². The van der Waals surface area contributed by atoms with Crippen molar-refractivity contribution in [3.05, 3.63) is 39.9 Å². The Morgan fingerprint density at radius 3 is 2.84 bits per heavy atom. The molecule has 0 spiro atoms. The van der Waals surface area contributed by atoms with Crippen LogP contribution in [-0.2, 0) is 20.1 Å². The van der Waals surface area contributed by atoms with Crippen LogP contribution in [0.1, 0.15) is 28.7 Å². The predicted molar refractivity (Wildman–Crippen MR) is 76.9 cm³/mol. The molecule has 0 aliphatic rings. The van der Waals surface area contributed by atoms with Gasteiger partial charge in [0.2, 0.25) is 0 Å². The zero-order valence-electron chi connectivity index (χ0n) is 11.3. The third-order valence-electron chi connectivity index (χ3n) is 3.21. The van der Waals surface area contributed by atoms with E-state index in [1.165, 1.54) is 0 Å². The molecule has 2 heterocycles. The summed E-state index contributed by atoms with van der Waals surface area (Å²) in [6, 6.07) is 1.83. The Hall–Kier alpha value is -1.56. The van der Waals surface area contributed by atoms with Crippen LogP contribution in [0.2, 0.25) is 0 Å². The number of nitrogens with zero attached hydrogens (tertiary/aromatic N) is 3. The van der Waals surface area contributed by atoms with Gasteiger partial charge in [0.15, 0.2) is 0 Å². The zero-order valence-corrected chi connectivity index (χ0v) is 12.9. The first kappa shape index (κ1) is 13.9. The summed E-state index contributed by atoms with van der Waals surface area (Å²) in [4.78, 5) is 12.1. The van der Waals surface area contributed by atoms with Crippen molar-refractivity contribution in [2.75, 3.05) is 0 Å². The highest BCUT2D eigenvalue weighted by molar-refractivity contribution is 9.10. The van der Waals surface area contributed by atoms with Crippen LogP contribution in [0, 0.1) is 6.92 Å². The number of rotatable bonds is 4. The lowest BCUT2D eigenvalue weighted by Gasteiger charge is -2.07. The summed E-state index contributed by atoms with van der Waals surface area (Å²) >= 11 is 3.39. The number of amides is 1. The van der Waals surface area contributed by atoms with Gasteiger partial charge in [-0.1, -0.05) is 0 Å². The summed E-state index contributed by atoms with van der Waals surface area (Å²) in [7, 11) is 1.89. The molecule has 0 atom stereocenters. The summed E-state index contributed by atoms with van der Waals surface area (Å²) in [6.07, 6.45) is 3.69. The molecule has 0 saturated carbocycles. The first-order valence-electron chi connectivity index (χ1n) is 6.14. The number of aromatic nitrogens is 3. The third-order valence-corrected chi connectivity index (χ3v) is 3.65. The van der Waals surface area contributed by atoms with Gasteiger partial charge in [-0.2, -0.15) is 5.10 Å². The van der Waals surface area contributed by atoms with Gasteiger partial charge >= 0.3 is 0 Å². The van der Waals surface area contributed by atoms with E-state index in [-0.39, 0.29) is 5.91 Å². The summed E-state index contributed by atoms with van der Waals surface area (Å²) in [5.74, 6) is -0.0733. The van der Waals surface area contributed by atoms with Crippen LogP contribution in [0.3, 0.4) is 0 Å². The summed E-state index contributed by atoms with van der Waals surface area (Å²) in [5, 5.41) is 7.08. The van der Waals surface area contributed by atoms with Gasteiger partial charge in [0.1, 0.15) is 5.69 Å². The monoisotopic (exact) mass is 324 g/mol. The summed E-state index contributed by atoms with van der Waals surface area (Å²) < 4.78 is 4.62. The maximum absolute atomic E-state index is 12.1. The van der Waals surface area contributed by atoms with Crippen molar-refractivity contribution in [2.45, 2.75) is 26.9 Å². The minimum atomic E-state index is -0.0733. The van der Waals surface area contributed by atoms with E-state index in [0.717, 1.165) is 22.3 Å². The molecular weight excluding hydrogens is 308 g/mol. The summed E-state index contributed by atoms with van der Waals surface area (Å²) in [6.45, 7) is 5.25. The fraction of sp³-hybridized carbons (Fsp3) is 0.385. The highest BCUT2D eigenvalue weighted by atomic mass is 79.9. The second-order valence-electron chi connectivity index (χ2n) is 4.39. The van der Waals surface area contributed by atoms with Gasteiger partial charge in [0.25, 0.3) is 5.91 Å². The molecule has 0 radical (unpaired) electrons. The first-order valence-corrected chi connectivity index (χ1v) is 6.93. The molecule has 1 N–H and O–H groups in total. The van der Waals surface area contributed by atoms with E-state index in [1.54, 1.807) is 10.9 Å². The molecule has 19 heavy (non-hydrogen) atoms. The van der Waals surface area contributed by atoms with Crippen LogP contribution in [0.15, 0.2) is 22.9 Å². The van der Waals surface area contributed by atoms with E-state index in [9.17, 15) is 4.79 Å². The molecule has 102 valence electrons. The molecule has 0 bridgehead atoms. The zero-order chi connectivity index (χ0) is 14.0. The molecule has 0 aliphatic carbocycles. The number of carbonyl (C=O) groups is 1. The second-order valence-corrected chi connectivity index (χ2v) is 5.31. The van der Waals surface area contributed by atoms with Crippen LogP contribution in [-0.4, -0.2) is 20.3 Å². The molecule has 2 aromatic rings. The average molecular weight is 325 g/mol. The van der Waals surface area contributed by atoms with Gasteiger partial charge in [-0.25, -0.2) is 0 Å². The van der Waals surface area contributed by atoms with Crippen LogP contribution in [0.4, 0.5) is 0 Å². The number of nitrogens with one attached hydrogen (secondary N) is 1. The minimum absolute atomic E-state index is 0.0733. The predicted octanol–water partition coefficient (Wildman–Crippen LogP) is 2.24.